The molecule has 120 valence electrons. The lowest BCUT2D eigenvalue weighted by Crippen LogP contribution is -2.14. The van der Waals surface area contributed by atoms with E-state index in [2.05, 4.69) is 17.0 Å². The minimum Gasteiger partial charge on any atom is -0.493 e. The molecule has 1 heterocycles. The van der Waals surface area contributed by atoms with Crippen LogP contribution in [0.25, 0.3) is 10.8 Å². The highest BCUT2D eigenvalue weighted by Crippen LogP contribution is 2.31. The SMILES string of the molecule is CCCCOc1ccc(S(=O)(=O)n2cncn2)c2ccccc12. The van der Waals surface area contributed by atoms with Crippen LogP contribution in [-0.4, -0.2) is 29.2 Å². The Balaban J connectivity index is 2.12. The normalized spacial score (nSPS) is 11.7. The van der Waals surface area contributed by atoms with E-state index in [1.54, 1.807) is 24.3 Å². The van der Waals surface area contributed by atoms with Crippen LogP contribution in [0.4, 0.5) is 0 Å². The molecule has 2 aromatic carbocycles. The first-order valence-corrected chi connectivity index (χ1v) is 8.83. The maximum absolute atomic E-state index is 12.7. The molecule has 0 bridgehead atoms. The fourth-order valence-electron chi connectivity index (χ4n) is 2.34. The Kier molecular flexibility index (Phi) is 4.29. The number of aromatic nitrogens is 3. The molecule has 0 atom stereocenters. The molecule has 23 heavy (non-hydrogen) atoms. The van der Waals surface area contributed by atoms with Crippen LogP contribution < -0.4 is 4.74 Å². The van der Waals surface area contributed by atoms with E-state index in [0.29, 0.717) is 17.7 Å². The van der Waals surface area contributed by atoms with Gasteiger partial charge in [0.15, 0.2) is 0 Å². The van der Waals surface area contributed by atoms with Crippen molar-refractivity contribution in [2.75, 3.05) is 6.61 Å². The van der Waals surface area contributed by atoms with Gasteiger partial charge in [-0.05, 0) is 18.6 Å². The summed E-state index contributed by atoms with van der Waals surface area (Å²) in [7, 11) is -3.78. The van der Waals surface area contributed by atoms with E-state index in [1.807, 2.05) is 12.1 Å². The van der Waals surface area contributed by atoms with Gasteiger partial charge in [0.25, 0.3) is 10.0 Å². The van der Waals surface area contributed by atoms with Gasteiger partial charge in [-0.2, -0.15) is 8.42 Å². The van der Waals surface area contributed by atoms with E-state index in [4.69, 9.17) is 4.74 Å². The fourth-order valence-corrected chi connectivity index (χ4v) is 3.59. The summed E-state index contributed by atoms with van der Waals surface area (Å²) in [6.07, 6.45) is 4.36. The molecule has 0 N–H and O–H groups in total. The number of hydrogen-bond donors (Lipinski definition) is 0. The average Bonchev–Trinajstić information content (AvgIpc) is 3.10. The molecule has 0 amide bonds. The molecule has 0 saturated carbocycles. The minimum absolute atomic E-state index is 0.182. The van der Waals surface area contributed by atoms with Gasteiger partial charge in [0.2, 0.25) is 0 Å². The van der Waals surface area contributed by atoms with Gasteiger partial charge < -0.3 is 4.74 Å². The van der Waals surface area contributed by atoms with Crippen LogP contribution in [-0.2, 0) is 10.0 Å². The van der Waals surface area contributed by atoms with E-state index in [1.165, 1.54) is 12.7 Å². The summed E-state index contributed by atoms with van der Waals surface area (Å²) in [4.78, 5) is 3.89. The van der Waals surface area contributed by atoms with Crippen molar-refractivity contribution < 1.29 is 13.2 Å². The van der Waals surface area contributed by atoms with Crippen LogP contribution in [0, 0.1) is 0 Å². The summed E-state index contributed by atoms with van der Waals surface area (Å²) >= 11 is 0. The van der Waals surface area contributed by atoms with E-state index in [9.17, 15) is 8.42 Å². The molecule has 0 saturated heterocycles. The van der Waals surface area contributed by atoms with Crippen molar-refractivity contribution in [1.29, 1.82) is 0 Å². The lowest BCUT2D eigenvalue weighted by atomic mass is 10.1. The van der Waals surface area contributed by atoms with Crippen LogP contribution in [0.5, 0.6) is 5.75 Å². The Morgan fingerprint density at radius 2 is 1.91 bits per heavy atom. The largest absolute Gasteiger partial charge is 0.493 e. The Bertz CT molecular complexity index is 905. The smallest absolute Gasteiger partial charge is 0.285 e. The maximum atomic E-state index is 12.7. The van der Waals surface area contributed by atoms with Gasteiger partial charge in [-0.15, -0.1) is 9.19 Å². The molecule has 0 aliphatic carbocycles. The van der Waals surface area contributed by atoms with Crippen molar-refractivity contribution >= 4 is 20.8 Å². The number of unbranched alkanes of at least 4 members (excludes halogenated alkanes) is 1. The fraction of sp³-hybridized carbons (Fsp3) is 0.250. The minimum atomic E-state index is -3.78. The van der Waals surface area contributed by atoms with Crippen LogP contribution in [0.3, 0.4) is 0 Å². The molecule has 0 unspecified atom stereocenters. The summed E-state index contributed by atoms with van der Waals surface area (Å²) in [6.45, 7) is 2.70. The van der Waals surface area contributed by atoms with Gasteiger partial charge >= 0.3 is 0 Å². The second-order valence-corrected chi connectivity index (χ2v) is 6.85. The average molecular weight is 331 g/mol. The lowest BCUT2D eigenvalue weighted by molar-refractivity contribution is 0.313. The predicted molar refractivity (Wildman–Crippen MR) is 87.0 cm³/mol. The van der Waals surface area contributed by atoms with Crippen molar-refractivity contribution in [3.8, 4) is 5.75 Å². The number of ether oxygens (including phenoxy) is 1. The number of rotatable bonds is 6. The summed E-state index contributed by atoms with van der Waals surface area (Å²) in [5.41, 5.74) is 0. The summed E-state index contributed by atoms with van der Waals surface area (Å²) < 4.78 is 32.1. The van der Waals surface area contributed by atoms with Crippen LogP contribution in [0.15, 0.2) is 53.9 Å². The van der Waals surface area contributed by atoms with Crippen LogP contribution in [0.1, 0.15) is 19.8 Å². The Morgan fingerprint density at radius 1 is 1.13 bits per heavy atom. The number of fused-ring (bicyclic) bond motifs is 1. The number of benzene rings is 2. The van der Waals surface area contributed by atoms with Crippen molar-refractivity contribution in [3.05, 3.63) is 49.1 Å². The van der Waals surface area contributed by atoms with Crippen LogP contribution in [0.2, 0.25) is 0 Å². The van der Waals surface area contributed by atoms with Gasteiger partial charge in [-0.3, -0.25) is 0 Å². The molecule has 3 rings (SSSR count). The topological polar surface area (TPSA) is 74.1 Å². The highest BCUT2D eigenvalue weighted by Gasteiger charge is 2.21. The second kappa shape index (κ2) is 6.37. The number of nitrogens with zero attached hydrogens (tertiary/aromatic N) is 3. The van der Waals surface area contributed by atoms with Gasteiger partial charge in [0.1, 0.15) is 18.4 Å². The Labute approximate surface area is 134 Å². The van der Waals surface area contributed by atoms with Gasteiger partial charge in [0, 0.05) is 10.8 Å². The zero-order chi connectivity index (χ0) is 16.3. The third kappa shape index (κ3) is 2.92. The molecule has 0 radical (unpaired) electrons. The van der Waals surface area contributed by atoms with Gasteiger partial charge in [-0.25, -0.2) is 4.98 Å². The summed E-state index contributed by atoms with van der Waals surface area (Å²) in [6, 6.07) is 10.5. The first-order chi connectivity index (χ1) is 11.1. The first-order valence-electron chi connectivity index (χ1n) is 7.39. The molecule has 0 spiro atoms. The van der Waals surface area contributed by atoms with E-state index >= 15 is 0 Å². The van der Waals surface area contributed by atoms with Crippen molar-refractivity contribution in [1.82, 2.24) is 14.2 Å². The highest BCUT2D eigenvalue weighted by atomic mass is 32.2. The molecular weight excluding hydrogens is 314 g/mol. The monoisotopic (exact) mass is 331 g/mol. The number of hydrogen-bond acceptors (Lipinski definition) is 5. The Morgan fingerprint density at radius 3 is 2.61 bits per heavy atom. The molecule has 3 aromatic rings. The lowest BCUT2D eigenvalue weighted by Gasteiger charge is -2.12. The zero-order valence-corrected chi connectivity index (χ0v) is 13.5. The van der Waals surface area contributed by atoms with Crippen molar-refractivity contribution in [2.45, 2.75) is 24.7 Å². The van der Waals surface area contributed by atoms with Crippen LogP contribution >= 0.6 is 0 Å². The summed E-state index contributed by atoms with van der Waals surface area (Å²) in [5.74, 6) is 0.687. The molecule has 0 aliphatic rings. The molecule has 1 aromatic heterocycles. The molecular formula is C16H17N3O3S. The molecule has 7 heteroatoms. The van der Waals surface area contributed by atoms with E-state index in [-0.39, 0.29) is 4.90 Å². The highest BCUT2D eigenvalue weighted by molar-refractivity contribution is 7.90. The Hall–Kier alpha value is -2.41. The third-order valence-corrected chi connectivity index (χ3v) is 5.11. The van der Waals surface area contributed by atoms with Gasteiger partial charge in [0.05, 0.1) is 11.5 Å². The molecule has 0 aliphatic heterocycles. The second-order valence-electron chi connectivity index (χ2n) is 5.08. The van der Waals surface area contributed by atoms with E-state index in [0.717, 1.165) is 22.3 Å². The van der Waals surface area contributed by atoms with Crippen molar-refractivity contribution in [2.24, 2.45) is 0 Å². The quantitative estimate of drug-likeness (QED) is 0.649. The summed E-state index contributed by atoms with van der Waals surface area (Å²) in [5, 5.41) is 5.12. The van der Waals surface area contributed by atoms with Gasteiger partial charge in [-0.1, -0.05) is 37.6 Å². The zero-order valence-electron chi connectivity index (χ0n) is 12.7. The molecule has 0 fully saturated rings. The maximum Gasteiger partial charge on any atom is 0.285 e. The standard InChI is InChI=1S/C16H17N3O3S/c1-2-3-10-22-15-8-9-16(14-7-5-4-6-13(14)15)23(20,21)19-12-17-11-18-19/h4-9,11-12H,2-3,10H2,1H3. The molecule has 6 nitrogen and oxygen atoms in total. The first kappa shape index (κ1) is 15.5. The predicted octanol–water partition coefficient (Wildman–Crippen LogP) is 2.85. The van der Waals surface area contributed by atoms with E-state index < -0.39 is 10.0 Å². The van der Waals surface area contributed by atoms with Crippen molar-refractivity contribution in [3.63, 3.8) is 0 Å². The third-order valence-electron chi connectivity index (χ3n) is 3.52.